The summed E-state index contributed by atoms with van der Waals surface area (Å²) in [4.78, 5) is 15.4. The predicted octanol–water partition coefficient (Wildman–Crippen LogP) is 0.139. The molecule has 1 amide bonds. The second-order valence-electron chi connectivity index (χ2n) is 4.31. The van der Waals surface area contributed by atoms with Gasteiger partial charge in [-0.25, -0.2) is 15.3 Å². The monoisotopic (exact) mass is 231 g/mol. The summed E-state index contributed by atoms with van der Waals surface area (Å²) in [6.45, 7) is 0. The summed E-state index contributed by atoms with van der Waals surface area (Å²) in [7, 11) is 0. The molecule has 1 saturated carbocycles. The van der Waals surface area contributed by atoms with Gasteiger partial charge in [0, 0.05) is 5.92 Å². The Balaban J connectivity index is 1.92. The Morgan fingerprint density at radius 1 is 1.53 bits per heavy atom. The van der Waals surface area contributed by atoms with Crippen LogP contribution in [-0.2, 0) is 11.2 Å². The van der Waals surface area contributed by atoms with E-state index in [9.17, 15) is 4.79 Å². The van der Waals surface area contributed by atoms with Crippen LogP contribution in [0, 0.1) is 0 Å². The average molecular weight is 231 g/mol. The molecular weight excluding hydrogens is 218 g/mol. The second kappa shape index (κ2) is 3.81. The molecule has 17 heavy (non-hydrogen) atoms. The van der Waals surface area contributed by atoms with Crippen LogP contribution in [0.1, 0.15) is 30.1 Å². The third kappa shape index (κ3) is 1.99. The van der Waals surface area contributed by atoms with E-state index >= 15 is 0 Å². The van der Waals surface area contributed by atoms with Crippen molar-refractivity contribution in [3.8, 4) is 0 Å². The van der Waals surface area contributed by atoms with Crippen LogP contribution in [0.25, 0.3) is 5.65 Å². The van der Waals surface area contributed by atoms with Gasteiger partial charge in [0.15, 0.2) is 5.65 Å². The number of hydrogen-bond acceptors (Lipinski definition) is 4. The van der Waals surface area contributed by atoms with Crippen LogP contribution < -0.4 is 11.3 Å². The van der Waals surface area contributed by atoms with Gasteiger partial charge in [0.2, 0.25) is 5.91 Å². The first kappa shape index (κ1) is 10.2. The van der Waals surface area contributed by atoms with Crippen molar-refractivity contribution in [2.45, 2.75) is 25.2 Å². The number of rotatable bonds is 3. The van der Waals surface area contributed by atoms with Crippen LogP contribution in [-0.4, -0.2) is 20.5 Å². The van der Waals surface area contributed by atoms with Gasteiger partial charge in [-0.2, -0.15) is 5.10 Å². The number of hydrogen-bond donors (Lipinski definition) is 2. The largest absolute Gasteiger partial charge is 0.294 e. The van der Waals surface area contributed by atoms with Crippen LogP contribution >= 0.6 is 0 Å². The van der Waals surface area contributed by atoms with Gasteiger partial charge in [-0.3, -0.25) is 10.2 Å². The molecule has 0 atom stereocenters. The molecule has 3 N–H and O–H groups in total. The van der Waals surface area contributed by atoms with E-state index in [1.165, 1.54) is 12.8 Å². The maximum absolute atomic E-state index is 11.1. The highest BCUT2D eigenvalue weighted by Gasteiger charge is 2.25. The van der Waals surface area contributed by atoms with Crippen molar-refractivity contribution < 1.29 is 4.79 Å². The number of imidazole rings is 1. The van der Waals surface area contributed by atoms with Crippen molar-refractivity contribution in [3.63, 3.8) is 0 Å². The number of aromatic nitrogens is 3. The summed E-state index contributed by atoms with van der Waals surface area (Å²) in [6, 6.07) is 3.94. The van der Waals surface area contributed by atoms with Gasteiger partial charge in [-0.15, -0.1) is 0 Å². The maximum atomic E-state index is 11.1. The smallest absolute Gasteiger partial charge is 0.239 e. The van der Waals surface area contributed by atoms with Gasteiger partial charge in [0.1, 0.15) is 0 Å². The van der Waals surface area contributed by atoms with E-state index in [4.69, 9.17) is 5.84 Å². The number of carbonyl (C=O) groups excluding carboxylic acids is 1. The molecule has 0 bridgehead atoms. The summed E-state index contributed by atoms with van der Waals surface area (Å²) < 4.78 is 1.73. The molecule has 0 aromatic carbocycles. The van der Waals surface area contributed by atoms with Gasteiger partial charge in [-0.1, -0.05) is 0 Å². The summed E-state index contributed by atoms with van der Waals surface area (Å²) in [5.41, 5.74) is 4.62. The number of nitrogens with one attached hydrogen (secondary N) is 1. The average Bonchev–Trinajstić information content (AvgIpc) is 3.09. The number of amides is 1. The van der Waals surface area contributed by atoms with Crippen LogP contribution in [0.4, 0.5) is 0 Å². The van der Waals surface area contributed by atoms with Crippen LogP contribution in [0.2, 0.25) is 0 Å². The standard InChI is InChI=1S/C11H13N5O/c12-14-11(17)5-8-6-16-10(13-8)4-3-9(15-16)7-1-2-7/h3-4,6-7H,1-2,5,12H2,(H,14,17). The molecular formula is C11H13N5O. The number of nitrogens with two attached hydrogens (primary N) is 1. The Bertz CT molecular complexity index is 572. The molecule has 1 fully saturated rings. The molecule has 1 aliphatic rings. The Kier molecular flexibility index (Phi) is 2.29. The van der Waals surface area contributed by atoms with Gasteiger partial charge >= 0.3 is 0 Å². The summed E-state index contributed by atoms with van der Waals surface area (Å²) >= 11 is 0. The first-order chi connectivity index (χ1) is 8.26. The molecule has 0 unspecified atom stereocenters. The summed E-state index contributed by atoms with van der Waals surface area (Å²) in [6.07, 6.45) is 4.39. The van der Waals surface area contributed by atoms with E-state index in [2.05, 4.69) is 15.5 Å². The lowest BCUT2D eigenvalue weighted by molar-refractivity contribution is -0.120. The van der Waals surface area contributed by atoms with Crippen molar-refractivity contribution in [1.82, 2.24) is 20.0 Å². The van der Waals surface area contributed by atoms with Crippen molar-refractivity contribution >= 4 is 11.6 Å². The third-order valence-electron chi connectivity index (χ3n) is 2.89. The van der Waals surface area contributed by atoms with Gasteiger partial charge in [0.25, 0.3) is 0 Å². The fourth-order valence-corrected chi connectivity index (χ4v) is 1.84. The molecule has 0 radical (unpaired) electrons. The van der Waals surface area contributed by atoms with E-state index in [1.807, 2.05) is 12.1 Å². The molecule has 6 heteroatoms. The molecule has 88 valence electrons. The minimum absolute atomic E-state index is 0.179. The van der Waals surface area contributed by atoms with Crippen molar-refractivity contribution in [2.24, 2.45) is 5.84 Å². The van der Waals surface area contributed by atoms with E-state index in [1.54, 1.807) is 10.7 Å². The quantitative estimate of drug-likeness (QED) is 0.447. The molecule has 0 spiro atoms. The zero-order chi connectivity index (χ0) is 11.8. The topological polar surface area (TPSA) is 85.3 Å². The van der Waals surface area contributed by atoms with E-state index in [0.717, 1.165) is 11.3 Å². The van der Waals surface area contributed by atoms with Gasteiger partial charge in [-0.05, 0) is 25.0 Å². The molecule has 0 saturated heterocycles. The van der Waals surface area contributed by atoms with E-state index in [0.29, 0.717) is 11.6 Å². The van der Waals surface area contributed by atoms with Crippen molar-refractivity contribution in [3.05, 3.63) is 29.7 Å². The summed E-state index contributed by atoms with van der Waals surface area (Å²) in [5, 5.41) is 4.48. The fourth-order valence-electron chi connectivity index (χ4n) is 1.84. The molecule has 2 aromatic heterocycles. The Hall–Kier alpha value is -1.95. The first-order valence-corrected chi connectivity index (χ1v) is 5.61. The molecule has 0 aliphatic heterocycles. The molecule has 2 aromatic rings. The molecule has 6 nitrogen and oxygen atoms in total. The Morgan fingerprint density at radius 2 is 2.35 bits per heavy atom. The number of fused-ring (bicyclic) bond motifs is 1. The highest BCUT2D eigenvalue weighted by molar-refractivity contribution is 5.77. The lowest BCUT2D eigenvalue weighted by Gasteiger charge is -1.96. The van der Waals surface area contributed by atoms with Gasteiger partial charge in [0.05, 0.1) is 24.0 Å². The fraction of sp³-hybridized carbons (Fsp3) is 0.364. The molecule has 2 heterocycles. The molecule has 1 aliphatic carbocycles. The number of nitrogens with zero attached hydrogens (tertiary/aromatic N) is 3. The summed E-state index contributed by atoms with van der Waals surface area (Å²) in [5.74, 6) is 5.39. The second-order valence-corrected chi connectivity index (χ2v) is 4.31. The lowest BCUT2D eigenvalue weighted by atomic mass is 10.3. The number of carbonyl (C=O) groups is 1. The van der Waals surface area contributed by atoms with Gasteiger partial charge < -0.3 is 0 Å². The third-order valence-corrected chi connectivity index (χ3v) is 2.89. The maximum Gasteiger partial charge on any atom is 0.239 e. The minimum atomic E-state index is -0.254. The van der Waals surface area contributed by atoms with E-state index < -0.39 is 0 Å². The van der Waals surface area contributed by atoms with Crippen molar-refractivity contribution in [1.29, 1.82) is 0 Å². The zero-order valence-electron chi connectivity index (χ0n) is 9.26. The molecule has 3 rings (SSSR count). The van der Waals surface area contributed by atoms with Crippen molar-refractivity contribution in [2.75, 3.05) is 0 Å². The van der Waals surface area contributed by atoms with E-state index in [-0.39, 0.29) is 12.3 Å². The lowest BCUT2D eigenvalue weighted by Crippen LogP contribution is -2.31. The van der Waals surface area contributed by atoms with Crippen LogP contribution in [0.3, 0.4) is 0 Å². The number of hydrazine groups is 1. The Labute approximate surface area is 97.8 Å². The first-order valence-electron chi connectivity index (χ1n) is 5.61. The SMILES string of the molecule is NNC(=O)Cc1cn2nc(C3CC3)ccc2n1. The zero-order valence-corrected chi connectivity index (χ0v) is 9.26. The highest BCUT2D eigenvalue weighted by atomic mass is 16.2. The normalized spacial score (nSPS) is 15.1. The van der Waals surface area contributed by atoms with Crippen LogP contribution in [0.5, 0.6) is 0 Å². The minimum Gasteiger partial charge on any atom is -0.294 e. The highest BCUT2D eigenvalue weighted by Crippen LogP contribution is 2.38. The predicted molar refractivity (Wildman–Crippen MR) is 61.0 cm³/mol. The Morgan fingerprint density at radius 3 is 3.06 bits per heavy atom. The van der Waals surface area contributed by atoms with Crippen LogP contribution in [0.15, 0.2) is 18.3 Å².